The SMILES string of the molecule is COC(=O)C(COCC(C)OC)O[Si](C)(C)C(C)(C)C. The van der Waals surface area contributed by atoms with Crippen LogP contribution in [0.1, 0.15) is 27.7 Å². The van der Waals surface area contributed by atoms with Crippen LogP contribution in [0.15, 0.2) is 0 Å². The summed E-state index contributed by atoms with van der Waals surface area (Å²) in [4.78, 5) is 11.8. The molecule has 0 heterocycles. The molecule has 2 atom stereocenters. The third-order valence-corrected chi connectivity index (χ3v) is 8.22. The van der Waals surface area contributed by atoms with Crippen molar-refractivity contribution < 1.29 is 23.4 Å². The summed E-state index contributed by atoms with van der Waals surface area (Å²) in [5.41, 5.74) is 0. The Hall–Kier alpha value is -0.433. The summed E-state index contributed by atoms with van der Waals surface area (Å²) < 4.78 is 21.5. The van der Waals surface area contributed by atoms with Crippen molar-refractivity contribution in [2.24, 2.45) is 0 Å². The summed E-state index contributed by atoms with van der Waals surface area (Å²) in [6.07, 6.45) is -0.689. The van der Waals surface area contributed by atoms with Gasteiger partial charge in [-0.25, -0.2) is 4.79 Å². The van der Waals surface area contributed by atoms with Crippen LogP contribution >= 0.6 is 0 Å². The van der Waals surface area contributed by atoms with Crippen molar-refractivity contribution in [2.45, 2.75) is 58.0 Å². The number of esters is 1. The average Bonchev–Trinajstić information content (AvgIpc) is 2.34. The highest BCUT2D eigenvalue weighted by atomic mass is 28.4. The summed E-state index contributed by atoms with van der Waals surface area (Å²) in [6.45, 7) is 13.1. The van der Waals surface area contributed by atoms with E-state index in [-0.39, 0.29) is 23.7 Å². The van der Waals surface area contributed by atoms with Gasteiger partial charge in [0.2, 0.25) is 0 Å². The molecular weight excluding hydrogens is 276 g/mol. The highest BCUT2D eigenvalue weighted by Gasteiger charge is 2.41. The quantitative estimate of drug-likeness (QED) is 0.509. The van der Waals surface area contributed by atoms with Gasteiger partial charge in [-0.2, -0.15) is 0 Å². The Morgan fingerprint density at radius 3 is 2.10 bits per heavy atom. The molecule has 2 unspecified atom stereocenters. The van der Waals surface area contributed by atoms with Gasteiger partial charge in [0.05, 0.1) is 26.4 Å². The fourth-order valence-corrected chi connectivity index (χ4v) is 2.45. The van der Waals surface area contributed by atoms with Crippen molar-refractivity contribution >= 4 is 14.3 Å². The lowest BCUT2D eigenvalue weighted by Gasteiger charge is -2.38. The average molecular weight is 306 g/mol. The van der Waals surface area contributed by atoms with E-state index in [9.17, 15) is 4.79 Å². The van der Waals surface area contributed by atoms with Crippen molar-refractivity contribution in [2.75, 3.05) is 27.4 Å². The molecule has 0 amide bonds. The molecule has 0 radical (unpaired) electrons. The molecule has 0 N–H and O–H groups in total. The Kier molecular flexibility index (Phi) is 7.94. The fourth-order valence-electron chi connectivity index (χ4n) is 1.22. The maximum Gasteiger partial charge on any atom is 0.336 e. The van der Waals surface area contributed by atoms with Crippen LogP contribution in [0.4, 0.5) is 0 Å². The predicted octanol–water partition coefficient (Wildman–Crippen LogP) is 2.60. The van der Waals surface area contributed by atoms with Crippen molar-refractivity contribution in [3.05, 3.63) is 0 Å². The second-order valence-corrected chi connectivity index (χ2v) is 11.2. The lowest BCUT2D eigenvalue weighted by Crippen LogP contribution is -2.48. The molecule has 0 rings (SSSR count). The number of carbonyl (C=O) groups is 1. The molecule has 5 nitrogen and oxygen atoms in total. The van der Waals surface area contributed by atoms with Crippen LogP contribution in [0.2, 0.25) is 18.1 Å². The van der Waals surface area contributed by atoms with Crippen LogP contribution in [-0.4, -0.2) is 53.9 Å². The molecule has 0 aliphatic heterocycles. The Bertz CT molecular complexity index is 298. The molecule has 0 aromatic carbocycles. The minimum atomic E-state index is -2.04. The summed E-state index contributed by atoms with van der Waals surface area (Å²) in [5, 5.41) is 0.0269. The monoisotopic (exact) mass is 306 g/mol. The number of ether oxygens (including phenoxy) is 3. The van der Waals surface area contributed by atoms with E-state index in [1.54, 1.807) is 7.11 Å². The van der Waals surface area contributed by atoms with Crippen LogP contribution in [0.3, 0.4) is 0 Å². The van der Waals surface area contributed by atoms with E-state index in [2.05, 4.69) is 33.9 Å². The van der Waals surface area contributed by atoms with Crippen LogP contribution in [0.25, 0.3) is 0 Å². The Labute approximate surface area is 124 Å². The van der Waals surface area contributed by atoms with Crippen molar-refractivity contribution in [3.63, 3.8) is 0 Å². The fraction of sp³-hybridized carbons (Fsp3) is 0.929. The Balaban J connectivity index is 4.63. The van der Waals surface area contributed by atoms with Crippen LogP contribution in [0, 0.1) is 0 Å². The largest absolute Gasteiger partial charge is 0.467 e. The van der Waals surface area contributed by atoms with E-state index < -0.39 is 14.4 Å². The van der Waals surface area contributed by atoms with Crippen LogP contribution < -0.4 is 0 Å². The third kappa shape index (κ3) is 6.34. The van der Waals surface area contributed by atoms with Gasteiger partial charge in [-0.05, 0) is 25.1 Å². The summed E-state index contributed by atoms with van der Waals surface area (Å²) in [7, 11) is 0.942. The van der Waals surface area contributed by atoms with E-state index >= 15 is 0 Å². The van der Waals surface area contributed by atoms with Crippen molar-refractivity contribution in [1.82, 2.24) is 0 Å². The maximum atomic E-state index is 11.8. The van der Waals surface area contributed by atoms with Gasteiger partial charge in [0.15, 0.2) is 14.4 Å². The highest BCUT2D eigenvalue weighted by molar-refractivity contribution is 6.74. The molecule has 0 aliphatic rings. The van der Waals surface area contributed by atoms with E-state index in [0.717, 1.165) is 0 Å². The van der Waals surface area contributed by atoms with E-state index in [1.807, 2.05) is 6.92 Å². The van der Waals surface area contributed by atoms with Gasteiger partial charge >= 0.3 is 5.97 Å². The van der Waals surface area contributed by atoms with E-state index in [1.165, 1.54) is 7.11 Å². The molecule has 0 fully saturated rings. The van der Waals surface area contributed by atoms with Gasteiger partial charge in [0.25, 0.3) is 0 Å². The second kappa shape index (κ2) is 8.12. The molecule has 0 aliphatic carbocycles. The molecule has 0 aromatic rings. The Morgan fingerprint density at radius 2 is 1.70 bits per heavy atom. The van der Waals surface area contributed by atoms with Crippen molar-refractivity contribution in [1.29, 1.82) is 0 Å². The Morgan fingerprint density at radius 1 is 1.15 bits per heavy atom. The molecule has 20 heavy (non-hydrogen) atoms. The number of rotatable bonds is 8. The summed E-state index contributed by atoms with van der Waals surface area (Å²) in [5.74, 6) is -0.389. The topological polar surface area (TPSA) is 54.0 Å². The summed E-state index contributed by atoms with van der Waals surface area (Å²) >= 11 is 0. The van der Waals surface area contributed by atoms with E-state index in [0.29, 0.717) is 6.61 Å². The minimum absolute atomic E-state index is 0.0128. The predicted molar refractivity (Wildman–Crippen MR) is 81.4 cm³/mol. The van der Waals surface area contributed by atoms with Gasteiger partial charge < -0.3 is 18.6 Å². The van der Waals surface area contributed by atoms with Crippen LogP contribution in [0.5, 0.6) is 0 Å². The molecule has 0 saturated heterocycles. The summed E-state index contributed by atoms with van der Waals surface area (Å²) in [6, 6.07) is 0. The lowest BCUT2D eigenvalue weighted by molar-refractivity contribution is -0.153. The molecular formula is C14H30O5Si. The number of hydrogen-bond donors (Lipinski definition) is 0. The normalized spacial score (nSPS) is 15.8. The molecule has 6 heteroatoms. The van der Waals surface area contributed by atoms with Crippen molar-refractivity contribution in [3.8, 4) is 0 Å². The lowest BCUT2D eigenvalue weighted by atomic mass is 10.2. The van der Waals surface area contributed by atoms with Gasteiger partial charge in [-0.3, -0.25) is 0 Å². The maximum absolute atomic E-state index is 11.8. The zero-order chi connectivity index (χ0) is 16.0. The van der Waals surface area contributed by atoms with Gasteiger partial charge in [0, 0.05) is 7.11 Å². The second-order valence-electron chi connectivity index (χ2n) is 6.47. The van der Waals surface area contributed by atoms with Gasteiger partial charge in [-0.15, -0.1) is 0 Å². The minimum Gasteiger partial charge on any atom is -0.467 e. The molecule has 0 spiro atoms. The van der Waals surface area contributed by atoms with E-state index in [4.69, 9.17) is 18.6 Å². The number of hydrogen-bond acceptors (Lipinski definition) is 5. The molecule has 0 aromatic heterocycles. The highest BCUT2D eigenvalue weighted by Crippen LogP contribution is 2.37. The smallest absolute Gasteiger partial charge is 0.336 e. The number of carbonyl (C=O) groups excluding carboxylic acids is 1. The zero-order valence-electron chi connectivity index (χ0n) is 14.1. The zero-order valence-corrected chi connectivity index (χ0v) is 15.1. The standard InChI is InChI=1S/C14H30O5Si/c1-11(16-5)9-18-10-12(13(15)17-6)19-20(7,8)14(2,3)4/h11-12H,9-10H2,1-8H3. The first-order valence-electron chi connectivity index (χ1n) is 6.91. The first kappa shape index (κ1) is 19.6. The van der Waals surface area contributed by atoms with Crippen LogP contribution in [-0.2, 0) is 23.4 Å². The first-order valence-corrected chi connectivity index (χ1v) is 9.82. The van der Waals surface area contributed by atoms with Gasteiger partial charge in [-0.1, -0.05) is 20.8 Å². The molecule has 0 bridgehead atoms. The third-order valence-electron chi connectivity index (χ3n) is 3.73. The molecule has 120 valence electrons. The molecule has 0 saturated carbocycles. The van der Waals surface area contributed by atoms with Gasteiger partial charge in [0.1, 0.15) is 0 Å². The first-order chi connectivity index (χ1) is 9.05. The number of methoxy groups -OCH3 is 2.